The summed E-state index contributed by atoms with van der Waals surface area (Å²) in [5.74, 6) is -3.81. The van der Waals surface area contributed by atoms with Crippen molar-refractivity contribution in [1.29, 1.82) is 0 Å². The fourth-order valence-electron chi connectivity index (χ4n) is 2.99. The highest BCUT2D eigenvalue weighted by Crippen LogP contribution is 2.12. The Balaban J connectivity index is 0.000000588. The first-order valence-electron chi connectivity index (χ1n) is 13.8. The Morgan fingerprint density at radius 1 is 0.408 bits per heavy atom. The Bertz CT molecular complexity index is 1410. The highest BCUT2D eigenvalue weighted by atomic mass is 16.4. The number of nitrogen functional groups attached to an aromatic ring is 4. The predicted octanol–water partition coefficient (Wildman–Crippen LogP) is 1.81. The molecule has 0 aliphatic carbocycles. The minimum Gasteiger partial charge on any atom is -0.478 e. The lowest BCUT2D eigenvalue weighted by atomic mass is 9.93. The number of hydrogen-bond donors (Lipinski definition) is 12. The summed E-state index contributed by atoms with van der Waals surface area (Å²) in [6.45, 7) is -1.62. The number of anilines is 4. The molecule has 0 spiro atoms. The largest absolute Gasteiger partial charge is 0.478 e. The molecule has 0 fully saturated rings. The van der Waals surface area contributed by atoms with Gasteiger partial charge in [0.15, 0.2) is 0 Å². The van der Waals surface area contributed by atoms with Gasteiger partial charge in [0.25, 0.3) is 0 Å². The van der Waals surface area contributed by atoms with Gasteiger partial charge < -0.3 is 63.8 Å². The molecule has 0 saturated carbocycles. The molecule has 49 heavy (non-hydrogen) atoms. The Hall–Kier alpha value is -6.20. The molecule has 16 N–H and O–H groups in total. The van der Waals surface area contributed by atoms with Gasteiger partial charge in [-0.15, -0.1) is 0 Å². The van der Waals surface area contributed by atoms with E-state index in [0.29, 0.717) is 22.7 Å². The summed E-state index contributed by atoms with van der Waals surface area (Å²) in [7, 11) is 0. The molecule has 4 aromatic rings. The predicted molar refractivity (Wildman–Crippen MR) is 182 cm³/mol. The highest BCUT2D eigenvalue weighted by Gasteiger charge is 2.26. The lowest BCUT2D eigenvalue weighted by Crippen LogP contribution is -2.37. The molecule has 16 nitrogen and oxygen atoms in total. The second-order valence-corrected chi connectivity index (χ2v) is 9.85. The molecule has 0 atom stereocenters. The number of rotatable bonds is 8. The third-order valence-electron chi connectivity index (χ3n) is 5.88. The molecule has 0 aliphatic heterocycles. The van der Waals surface area contributed by atoms with Crippen molar-refractivity contribution in [3.8, 4) is 0 Å². The van der Waals surface area contributed by atoms with Crippen molar-refractivity contribution in [1.82, 2.24) is 0 Å². The molecule has 16 heteroatoms. The molecular weight excluding hydrogens is 644 g/mol. The number of carboxylic acid groups (broad SMARTS) is 4. The fourth-order valence-corrected chi connectivity index (χ4v) is 2.99. The van der Waals surface area contributed by atoms with Crippen LogP contribution in [-0.2, 0) is 0 Å². The molecular formula is C33H40N4O12. The molecule has 0 aliphatic rings. The van der Waals surface area contributed by atoms with Crippen molar-refractivity contribution < 1.29 is 60.0 Å². The van der Waals surface area contributed by atoms with Crippen LogP contribution in [0.1, 0.15) is 41.4 Å². The van der Waals surface area contributed by atoms with E-state index >= 15 is 0 Å². The van der Waals surface area contributed by atoms with Gasteiger partial charge in [-0.25, -0.2) is 19.2 Å². The first kappa shape index (κ1) is 42.8. The summed E-state index contributed by atoms with van der Waals surface area (Å²) in [4.78, 5) is 41.2. The molecule has 0 radical (unpaired) electrons. The SMILES string of the molecule is Nc1cccc(C(=O)O)c1.Nc1cccc(C(=O)O)c1.Nc1cccc(C(=O)O)c1.Nc1cccc(C(=O)O)c1.OCC(CO)(CO)CO. The summed E-state index contributed by atoms with van der Waals surface area (Å²) < 4.78 is 0. The molecule has 0 aromatic heterocycles. The van der Waals surface area contributed by atoms with Gasteiger partial charge in [0.1, 0.15) is 0 Å². The van der Waals surface area contributed by atoms with E-state index in [9.17, 15) is 19.2 Å². The van der Waals surface area contributed by atoms with Gasteiger partial charge in [-0.1, -0.05) is 24.3 Å². The summed E-state index contributed by atoms with van der Waals surface area (Å²) in [5, 5.41) is 67.8. The molecule has 4 rings (SSSR count). The van der Waals surface area contributed by atoms with Crippen LogP contribution < -0.4 is 22.9 Å². The number of aromatic carboxylic acids is 4. The number of carboxylic acids is 4. The minimum absolute atomic E-state index is 0.222. The zero-order valence-electron chi connectivity index (χ0n) is 26.1. The van der Waals surface area contributed by atoms with Crippen LogP contribution in [-0.4, -0.2) is 91.2 Å². The highest BCUT2D eigenvalue weighted by molar-refractivity contribution is 5.90. The van der Waals surface area contributed by atoms with Gasteiger partial charge in [-0.3, -0.25) is 0 Å². The van der Waals surface area contributed by atoms with Crippen molar-refractivity contribution in [3.05, 3.63) is 119 Å². The second-order valence-electron chi connectivity index (χ2n) is 9.85. The van der Waals surface area contributed by atoms with Crippen LogP contribution in [0.2, 0.25) is 0 Å². The monoisotopic (exact) mass is 684 g/mol. The average Bonchev–Trinajstić information content (AvgIpc) is 3.07. The summed E-state index contributed by atoms with van der Waals surface area (Å²) in [5.41, 5.74) is 23.0. The number of aliphatic hydroxyl groups is 4. The van der Waals surface area contributed by atoms with Crippen LogP contribution in [0.5, 0.6) is 0 Å². The second kappa shape index (κ2) is 22.3. The van der Waals surface area contributed by atoms with Crippen LogP contribution in [0.15, 0.2) is 97.1 Å². The quantitative estimate of drug-likeness (QED) is 0.118. The van der Waals surface area contributed by atoms with E-state index < -0.39 is 55.7 Å². The number of nitrogens with two attached hydrogens (primary N) is 4. The summed E-state index contributed by atoms with van der Waals surface area (Å²) in [6.07, 6.45) is 0. The Morgan fingerprint density at radius 2 is 0.592 bits per heavy atom. The number of benzene rings is 4. The lowest BCUT2D eigenvalue weighted by Gasteiger charge is -2.23. The van der Waals surface area contributed by atoms with Crippen LogP contribution in [0, 0.1) is 5.41 Å². The molecule has 4 aromatic carbocycles. The van der Waals surface area contributed by atoms with Gasteiger partial charge >= 0.3 is 23.9 Å². The molecule has 0 amide bonds. The maximum Gasteiger partial charge on any atom is 0.335 e. The number of hydrogen-bond acceptors (Lipinski definition) is 12. The van der Waals surface area contributed by atoms with E-state index in [-0.39, 0.29) is 22.3 Å². The first-order valence-corrected chi connectivity index (χ1v) is 13.8. The van der Waals surface area contributed by atoms with Crippen molar-refractivity contribution in [3.63, 3.8) is 0 Å². The summed E-state index contributed by atoms with van der Waals surface area (Å²) >= 11 is 0. The van der Waals surface area contributed by atoms with Gasteiger partial charge in [0.2, 0.25) is 0 Å². The van der Waals surface area contributed by atoms with E-state index in [1.165, 1.54) is 48.5 Å². The third kappa shape index (κ3) is 17.3. The van der Waals surface area contributed by atoms with Gasteiger partial charge in [0.05, 0.1) is 54.1 Å². The van der Waals surface area contributed by atoms with Crippen LogP contribution in [0.4, 0.5) is 22.7 Å². The van der Waals surface area contributed by atoms with E-state index in [4.69, 9.17) is 63.8 Å². The maximum absolute atomic E-state index is 10.3. The Kier molecular flexibility index (Phi) is 19.5. The minimum atomic E-state index is -1.11. The number of aliphatic hydroxyl groups excluding tert-OH is 4. The van der Waals surface area contributed by atoms with E-state index in [1.807, 2.05) is 0 Å². The van der Waals surface area contributed by atoms with E-state index in [0.717, 1.165) is 0 Å². The van der Waals surface area contributed by atoms with Crippen molar-refractivity contribution in [2.45, 2.75) is 0 Å². The van der Waals surface area contributed by atoms with E-state index in [2.05, 4.69) is 0 Å². The van der Waals surface area contributed by atoms with Crippen LogP contribution >= 0.6 is 0 Å². The molecule has 0 unspecified atom stereocenters. The summed E-state index contributed by atoms with van der Waals surface area (Å²) in [6, 6.07) is 24.7. The Labute approximate surface area is 280 Å². The smallest absolute Gasteiger partial charge is 0.335 e. The Morgan fingerprint density at radius 3 is 0.673 bits per heavy atom. The standard InChI is InChI=1S/4C7H7NO2.C5H12O4/c4*8-6-3-1-2-5(4-6)7(9)10;6-1-5(2-7,3-8)4-9/h4*1-4H,8H2,(H,9,10);6-9H,1-4H2. The fraction of sp³-hybridized carbons (Fsp3) is 0.152. The van der Waals surface area contributed by atoms with E-state index in [1.54, 1.807) is 48.5 Å². The maximum atomic E-state index is 10.3. The van der Waals surface area contributed by atoms with Crippen LogP contribution in [0.25, 0.3) is 0 Å². The molecule has 264 valence electrons. The zero-order valence-corrected chi connectivity index (χ0v) is 26.1. The molecule has 0 saturated heterocycles. The van der Waals surface area contributed by atoms with Gasteiger partial charge in [0, 0.05) is 22.7 Å². The van der Waals surface area contributed by atoms with Gasteiger partial charge in [-0.2, -0.15) is 0 Å². The normalized spacial score (nSPS) is 9.71. The van der Waals surface area contributed by atoms with Crippen molar-refractivity contribution >= 4 is 46.6 Å². The first-order chi connectivity index (χ1) is 23.0. The topological polar surface area (TPSA) is 334 Å². The lowest BCUT2D eigenvalue weighted by molar-refractivity contribution is -0.0328. The molecule has 0 heterocycles. The number of carbonyl (C=O) groups is 4. The van der Waals surface area contributed by atoms with Crippen molar-refractivity contribution in [2.24, 2.45) is 5.41 Å². The third-order valence-corrected chi connectivity index (χ3v) is 5.88. The van der Waals surface area contributed by atoms with Crippen LogP contribution in [0.3, 0.4) is 0 Å². The van der Waals surface area contributed by atoms with Crippen molar-refractivity contribution in [2.75, 3.05) is 49.4 Å². The van der Waals surface area contributed by atoms with Gasteiger partial charge in [-0.05, 0) is 72.8 Å². The zero-order chi connectivity index (χ0) is 37.6. The average molecular weight is 685 g/mol. The molecule has 0 bridgehead atoms.